The smallest absolute Gasteiger partial charge is 0.191 e. The van der Waals surface area contributed by atoms with E-state index >= 15 is 0 Å². The number of methoxy groups -OCH3 is 1. The number of furan rings is 1. The summed E-state index contributed by atoms with van der Waals surface area (Å²) >= 11 is 1.37. The van der Waals surface area contributed by atoms with Crippen LogP contribution in [0.2, 0.25) is 0 Å². The molecule has 0 spiro atoms. The van der Waals surface area contributed by atoms with Gasteiger partial charge in [-0.3, -0.25) is 4.79 Å². The molecule has 7 heteroatoms. The highest BCUT2D eigenvalue weighted by Crippen LogP contribution is 2.28. The maximum absolute atomic E-state index is 12.5. The minimum absolute atomic E-state index is 0.00542. The van der Waals surface area contributed by atoms with Gasteiger partial charge in [0, 0.05) is 6.54 Å². The number of thioether (sulfide) groups is 1. The summed E-state index contributed by atoms with van der Waals surface area (Å²) in [5.74, 6) is 2.39. The first-order valence-corrected chi connectivity index (χ1v) is 8.91. The number of benzene rings is 1. The highest BCUT2D eigenvalue weighted by atomic mass is 32.2. The van der Waals surface area contributed by atoms with Crippen LogP contribution in [0.3, 0.4) is 0 Å². The Morgan fingerprint density at radius 2 is 2.08 bits per heavy atom. The molecule has 0 aliphatic heterocycles. The van der Waals surface area contributed by atoms with Crippen LogP contribution in [-0.2, 0) is 6.54 Å². The standard InChI is InChI=1S/C18H19N3O3S/c1-4-21-17(13-9-10-24-12(13)2)19-20-18(21)25-11-15(22)14-7-5-6-8-16(14)23-3/h5-10H,4,11H2,1-3H3. The summed E-state index contributed by atoms with van der Waals surface area (Å²) in [5, 5.41) is 9.22. The minimum atomic E-state index is -0.00542. The number of nitrogens with zero attached hydrogens (tertiary/aromatic N) is 3. The number of carbonyl (C=O) groups excluding carboxylic acids is 1. The van der Waals surface area contributed by atoms with E-state index in [4.69, 9.17) is 9.15 Å². The maximum atomic E-state index is 12.5. The van der Waals surface area contributed by atoms with E-state index in [1.165, 1.54) is 11.8 Å². The number of para-hydroxylation sites is 1. The number of ether oxygens (including phenoxy) is 1. The van der Waals surface area contributed by atoms with Crippen molar-refractivity contribution in [3.63, 3.8) is 0 Å². The molecule has 0 fully saturated rings. The van der Waals surface area contributed by atoms with Gasteiger partial charge >= 0.3 is 0 Å². The van der Waals surface area contributed by atoms with Crippen molar-refractivity contribution in [1.82, 2.24) is 14.8 Å². The van der Waals surface area contributed by atoms with Gasteiger partial charge in [0.15, 0.2) is 16.8 Å². The van der Waals surface area contributed by atoms with Gasteiger partial charge in [-0.05, 0) is 32.0 Å². The van der Waals surface area contributed by atoms with Crippen LogP contribution < -0.4 is 4.74 Å². The van der Waals surface area contributed by atoms with Gasteiger partial charge in [0.1, 0.15) is 11.5 Å². The summed E-state index contributed by atoms with van der Waals surface area (Å²) in [6, 6.07) is 9.10. The molecule has 25 heavy (non-hydrogen) atoms. The molecule has 2 aromatic heterocycles. The van der Waals surface area contributed by atoms with E-state index in [1.54, 1.807) is 25.5 Å². The Morgan fingerprint density at radius 3 is 2.76 bits per heavy atom. The van der Waals surface area contributed by atoms with E-state index in [1.807, 2.05) is 36.6 Å². The van der Waals surface area contributed by atoms with Crippen LogP contribution in [0, 0.1) is 6.92 Å². The zero-order valence-electron chi connectivity index (χ0n) is 14.4. The lowest BCUT2D eigenvalue weighted by Crippen LogP contribution is -2.06. The zero-order chi connectivity index (χ0) is 17.8. The zero-order valence-corrected chi connectivity index (χ0v) is 15.2. The fourth-order valence-corrected chi connectivity index (χ4v) is 3.47. The van der Waals surface area contributed by atoms with Crippen molar-refractivity contribution in [3.05, 3.63) is 47.9 Å². The van der Waals surface area contributed by atoms with Crippen molar-refractivity contribution in [3.8, 4) is 17.1 Å². The van der Waals surface area contributed by atoms with Crippen LogP contribution in [0.4, 0.5) is 0 Å². The van der Waals surface area contributed by atoms with Crippen LogP contribution in [0.15, 0.2) is 46.2 Å². The maximum Gasteiger partial charge on any atom is 0.191 e. The molecule has 0 aliphatic rings. The molecule has 6 nitrogen and oxygen atoms in total. The van der Waals surface area contributed by atoms with Crippen LogP contribution in [0.25, 0.3) is 11.4 Å². The second-order valence-electron chi connectivity index (χ2n) is 5.35. The van der Waals surface area contributed by atoms with E-state index < -0.39 is 0 Å². The molecule has 0 amide bonds. The summed E-state index contributed by atoms with van der Waals surface area (Å²) in [4.78, 5) is 12.5. The molecule has 0 atom stereocenters. The first kappa shape index (κ1) is 17.3. The van der Waals surface area contributed by atoms with Gasteiger partial charge in [-0.15, -0.1) is 10.2 Å². The number of Topliss-reactive ketones (excluding diaryl/α,β-unsaturated/α-hetero) is 1. The van der Waals surface area contributed by atoms with Crippen molar-refractivity contribution >= 4 is 17.5 Å². The van der Waals surface area contributed by atoms with Crippen molar-refractivity contribution in [1.29, 1.82) is 0 Å². The van der Waals surface area contributed by atoms with Crippen molar-refractivity contribution < 1.29 is 13.9 Å². The highest BCUT2D eigenvalue weighted by Gasteiger charge is 2.18. The van der Waals surface area contributed by atoms with Crippen molar-refractivity contribution in [2.24, 2.45) is 0 Å². The Bertz CT molecular complexity index is 885. The summed E-state index contributed by atoms with van der Waals surface area (Å²) < 4.78 is 12.6. The third kappa shape index (κ3) is 3.46. The third-order valence-electron chi connectivity index (χ3n) is 3.87. The van der Waals surface area contributed by atoms with Gasteiger partial charge in [-0.2, -0.15) is 0 Å². The fourth-order valence-electron chi connectivity index (χ4n) is 2.58. The molecule has 0 unspecified atom stereocenters. The summed E-state index contributed by atoms with van der Waals surface area (Å²) in [7, 11) is 1.56. The average molecular weight is 357 g/mol. The number of rotatable bonds is 7. The van der Waals surface area contributed by atoms with Crippen LogP contribution in [0.5, 0.6) is 5.75 Å². The molecule has 0 aliphatic carbocycles. The first-order valence-electron chi connectivity index (χ1n) is 7.92. The Morgan fingerprint density at radius 1 is 1.28 bits per heavy atom. The Labute approximate surface area is 150 Å². The molecule has 3 rings (SSSR count). The summed E-state index contributed by atoms with van der Waals surface area (Å²) in [6.07, 6.45) is 1.64. The molecule has 0 saturated carbocycles. The molecule has 130 valence electrons. The average Bonchev–Trinajstić information content (AvgIpc) is 3.24. The second kappa shape index (κ2) is 7.57. The SMILES string of the molecule is CCn1c(SCC(=O)c2ccccc2OC)nnc1-c1ccoc1C. The predicted molar refractivity (Wildman–Crippen MR) is 96.2 cm³/mol. The van der Waals surface area contributed by atoms with Gasteiger partial charge < -0.3 is 13.7 Å². The monoisotopic (exact) mass is 357 g/mol. The lowest BCUT2D eigenvalue weighted by Gasteiger charge is -2.08. The Hall–Kier alpha value is -2.54. The summed E-state index contributed by atoms with van der Waals surface area (Å²) in [5.41, 5.74) is 1.49. The lowest BCUT2D eigenvalue weighted by atomic mass is 10.1. The van der Waals surface area contributed by atoms with Gasteiger partial charge in [-0.25, -0.2) is 0 Å². The van der Waals surface area contributed by atoms with E-state index in [0.717, 1.165) is 17.1 Å². The Balaban J connectivity index is 1.79. The van der Waals surface area contributed by atoms with Gasteiger partial charge in [0.05, 0.1) is 30.3 Å². The first-order chi connectivity index (χ1) is 12.2. The van der Waals surface area contributed by atoms with Gasteiger partial charge in [-0.1, -0.05) is 23.9 Å². The molecule has 0 saturated heterocycles. The number of aryl methyl sites for hydroxylation is 1. The van der Waals surface area contributed by atoms with E-state index in [9.17, 15) is 4.79 Å². The third-order valence-corrected chi connectivity index (χ3v) is 4.84. The number of carbonyl (C=O) groups is 1. The molecular weight excluding hydrogens is 338 g/mol. The van der Waals surface area contributed by atoms with E-state index in [2.05, 4.69) is 10.2 Å². The van der Waals surface area contributed by atoms with Crippen LogP contribution >= 0.6 is 11.8 Å². The quantitative estimate of drug-likeness (QED) is 0.472. The molecule has 2 heterocycles. The van der Waals surface area contributed by atoms with Gasteiger partial charge in [0.2, 0.25) is 0 Å². The van der Waals surface area contributed by atoms with E-state index in [0.29, 0.717) is 23.0 Å². The molecule has 0 N–H and O–H groups in total. The predicted octanol–water partition coefficient (Wildman–Crippen LogP) is 3.85. The molecule has 0 bridgehead atoms. The minimum Gasteiger partial charge on any atom is -0.496 e. The van der Waals surface area contributed by atoms with Gasteiger partial charge in [0.25, 0.3) is 0 Å². The number of hydrogen-bond acceptors (Lipinski definition) is 6. The second-order valence-corrected chi connectivity index (χ2v) is 6.30. The molecular formula is C18H19N3O3S. The number of aromatic nitrogens is 3. The topological polar surface area (TPSA) is 70.2 Å². The molecule has 0 radical (unpaired) electrons. The molecule has 1 aromatic carbocycles. The normalized spacial score (nSPS) is 10.8. The number of ketones is 1. The summed E-state index contributed by atoms with van der Waals surface area (Å²) in [6.45, 7) is 4.62. The largest absolute Gasteiger partial charge is 0.496 e. The van der Waals surface area contributed by atoms with Crippen LogP contribution in [0.1, 0.15) is 23.0 Å². The molecule has 3 aromatic rings. The lowest BCUT2D eigenvalue weighted by molar-refractivity contribution is 0.101. The van der Waals surface area contributed by atoms with Crippen LogP contribution in [-0.4, -0.2) is 33.4 Å². The fraction of sp³-hybridized carbons (Fsp3) is 0.278. The number of hydrogen-bond donors (Lipinski definition) is 0. The van der Waals surface area contributed by atoms with Crippen molar-refractivity contribution in [2.75, 3.05) is 12.9 Å². The van der Waals surface area contributed by atoms with Crippen molar-refractivity contribution in [2.45, 2.75) is 25.5 Å². The Kier molecular flexibility index (Phi) is 5.23. The highest BCUT2D eigenvalue weighted by molar-refractivity contribution is 7.99. The van der Waals surface area contributed by atoms with E-state index in [-0.39, 0.29) is 11.5 Å².